The Labute approximate surface area is 104 Å². The van der Waals surface area contributed by atoms with Crippen molar-refractivity contribution in [2.75, 3.05) is 7.11 Å². The maximum absolute atomic E-state index is 6.19. The molecule has 0 amide bonds. The van der Waals surface area contributed by atoms with Crippen LogP contribution in [-0.4, -0.2) is 16.9 Å². The third-order valence-electron chi connectivity index (χ3n) is 3.14. The number of aryl methyl sites for hydroxylation is 1. The number of hydrogen-bond donors (Lipinski definition) is 1. The van der Waals surface area contributed by atoms with Crippen LogP contribution in [0.3, 0.4) is 0 Å². The number of nitrogens with zero attached hydrogens (tertiary/aromatic N) is 2. The Morgan fingerprint density at radius 1 is 1.35 bits per heavy atom. The number of unbranched alkanes of at least 4 members (excludes halogenated alkanes) is 4. The van der Waals surface area contributed by atoms with Crippen molar-refractivity contribution in [1.29, 1.82) is 0 Å². The zero-order valence-corrected chi connectivity index (χ0v) is 11.3. The van der Waals surface area contributed by atoms with Gasteiger partial charge in [-0.3, -0.25) is 4.68 Å². The summed E-state index contributed by atoms with van der Waals surface area (Å²) in [6.07, 6.45) is 9.08. The summed E-state index contributed by atoms with van der Waals surface area (Å²) in [5, 5.41) is 4.18. The summed E-state index contributed by atoms with van der Waals surface area (Å²) < 4.78 is 7.08. The van der Waals surface area contributed by atoms with Crippen LogP contribution < -0.4 is 10.5 Å². The summed E-state index contributed by atoms with van der Waals surface area (Å²) in [6, 6.07) is 0.0269. The van der Waals surface area contributed by atoms with Gasteiger partial charge in [0.1, 0.15) is 0 Å². The van der Waals surface area contributed by atoms with Crippen LogP contribution in [0.4, 0.5) is 0 Å². The standard InChI is InChI=1S/C13H25N3O/c1-4-5-6-7-8-9-11(14)13-12(17-3)10-15-16(13)2/h10-11H,4-9,14H2,1-3H3. The lowest BCUT2D eigenvalue weighted by atomic mass is 10.0. The topological polar surface area (TPSA) is 53.1 Å². The van der Waals surface area contributed by atoms with Gasteiger partial charge in [-0.2, -0.15) is 5.10 Å². The highest BCUT2D eigenvalue weighted by atomic mass is 16.5. The second-order valence-corrected chi connectivity index (χ2v) is 4.53. The first-order valence-corrected chi connectivity index (χ1v) is 6.52. The molecule has 0 radical (unpaired) electrons. The number of rotatable bonds is 8. The van der Waals surface area contributed by atoms with Gasteiger partial charge in [-0.1, -0.05) is 39.0 Å². The number of ether oxygens (including phenoxy) is 1. The molecule has 1 aromatic rings. The first kappa shape index (κ1) is 14.0. The molecule has 1 atom stereocenters. The van der Waals surface area contributed by atoms with Crippen molar-refractivity contribution in [3.05, 3.63) is 11.9 Å². The first-order valence-electron chi connectivity index (χ1n) is 6.52. The van der Waals surface area contributed by atoms with Crippen molar-refractivity contribution in [3.63, 3.8) is 0 Å². The number of hydrogen-bond acceptors (Lipinski definition) is 3. The molecule has 0 aliphatic rings. The highest BCUT2D eigenvalue weighted by Gasteiger charge is 2.16. The van der Waals surface area contributed by atoms with E-state index in [9.17, 15) is 0 Å². The molecule has 0 saturated heterocycles. The van der Waals surface area contributed by atoms with Gasteiger partial charge in [0.25, 0.3) is 0 Å². The smallest absolute Gasteiger partial charge is 0.161 e. The predicted molar refractivity (Wildman–Crippen MR) is 70.1 cm³/mol. The predicted octanol–water partition coefficient (Wildman–Crippen LogP) is 2.79. The van der Waals surface area contributed by atoms with E-state index >= 15 is 0 Å². The first-order chi connectivity index (χ1) is 8.20. The Kier molecular flexibility index (Phi) is 6.05. The summed E-state index contributed by atoms with van der Waals surface area (Å²) >= 11 is 0. The molecule has 0 saturated carbocycles. The van der Waals surface area contributed by atoms with Crippen LogP contribution in [0.15, 0.2) is 6.20 Å². The third kappa shape index (κ3) is 4.04. The summed E-state index contributed by atoms with van der Waals surface area (Å²) in [5.74, 6) is 0.800. The third-order valence-corrected chi connectivity index (χ3v) is 3.14. The molecular formula is C13H25N3O. The Morgan fingerprint density at radius 2 is 2.06 bits per heavy atom. The van der Waals surface area contributed by atoms with Crippen LogP contribution >= 0.6 is 0 Å². The summed E-state index contributed by atoms with van der Waals surface area (Å²) in [7, 11) is 3.57. The van der Waals surface area contributed by atoms with E-state index < -0.39 is 0 Å². The van der Waals surface area contributed by atoms with Crippen molar-refractivity contribution in [2.45, 2.75) is 51.5 Å². The Bertz CT molecular complexity index is 322. The van der Waals surface area contributed by atoms with Crippen LogP contribution in [0.2, 0.25) is 0 Å². The van der Waals surface area contributed by atoms with Crippen molar-refractivity contribution in [2.24, 2.45) is 12.8 Å². The van der Waals surface area contributed by atoms with Crippen LogP contribution in [0.25, 0.3) is 0 Å². The number of aromatic nitrogens is 2. The van der Waals surface area contributed by atoms with Gasteiger partial charge in [-0.25, -0.2) is 0 Å². The van der Waals surface area contributed by atoms with Crippen LogP contribution in [-0.2, 0) is 7.05 Å². The lowest BCUT2D eigenvalue weighted by molar-refractivity contribution is 0.399. The molecule has 4 heteroatoms. The summed E-state index contributed by atoms with van der Waals surface area (Å²) in [6.45, 7) is 2.23. The lowest BCUT2D eigenvalue weighted by Crippen LogP contribution is -2.15. The Morgan fingerprint density at radius 3 is 2.71 bits per heavy atom. The van der Waals surface area contributed by atoms with Crippen LogP contribution in [0.5, 0.6) is 5.75 Å². The van der Waals surface area contributed by atoms with E-state index in [1.165, 1.54) is 32.1 Å². The van der Waals surface area contributed by atoms with Gasteiger partial charge in [-0.15, -0.1) is 0 Å². The van der Waals surface area contributed by atoms with Crippen molar-refractivity contribution in [1.82, 2.24) is 9.78 Å². The van der Waals surface area contributed by atoms with Gasteiger partial charge in [0, 0.05) is 7.05 Å². The highest BCUT2D eigenvalue weighted by molar-refractivity contribution is 5.27. The zero-order chi connectivity index (χ0) is 12.7. The summed E-state index contributed by atoms with van der Waals surface area (Å²) in [4.78, 5) is 0. The fourth-order valence-electron chi connectivity index (χ4n) is 2.11. The summed E-state index contributed by atoms with van der Waals surface area (Å²) in [5.41, 5.74) is 7.19. The number of nitrogens with two attached hydrogens (primary N) is 1. The maximum Gasteiger partial charge on any atom is 0.161 e. The zero-order valence-electron chi connectivity index (χ0n) is 11.3. The van der Waals surface area contributed by atoms with E-state index in [1.807, 2.05) is 11.7 Å². The molecule has 1 heterocycles. The molecule has 4 nitrogen and oxygen atoms in total. The molecule has 0 bridgehead atoms. The van der Waals surface area contributed by atoms with Crippen LogP contribution in [0, 0.1) is 0 Å². The van der Waals surface area contributed by atoms with E-state index in [0.717, 1.165) is 17.9 Å². The van der Waals surface area contributed by atoms with E-state index in [4.69, 9.17) is 10.5 Å². The van der Waals surface area contributed by atoms with Gasteiger partial charge < -0.3 is 10.5 Å². The molecule has 1 rings (SSSR count). The molecular weight excluding hydrogens is 214 g/mol. The SMILES string of the molecule is CCCCCCCC(N)c1c(OC)cnn1C. The van der Waals surface area contributed by atoms with Crippen molar-refractivity contribution >= 4 is 0 Å². The average Bonchev–Trinajstić information content (AvgIpc) is 2.70. The molecule has 0 spiro atoms. The van der Waals surface area contributed by atoms with E-state index in [2.05, 4.69) is 12.0 Å². The van der Waals surface area contributed by atoms with Gasteiger partial charge >= 0.3 is 0 Å². The number of methoxy groups -OCH3 is 1. The van der Waals surface area contributed by atoms with E-state index in [1.54, 1.807) is 13.3 Å². The molecule has 0 aromatic carbocycles. The van der Waals surface area contributed by atoms with Gasteiger partial charge in [0.05, 0.1) is 25.0 Å². The second kappa shape index (κ2) is 7.33. The quantitative estimate of drug-likeness (QED) is 0.710. The van der Waals surface area contributed by atoms with Crippen molar-refractivity contribution < 1.29 is 4.74 Å². The molecule has 0 aliphatic heterocycles. The fraction of sp³-hybridized carbons (Fsp3) is 0.769. The lowest BCUT2D eigenvalue weighted by Gasteiger charge is -2.13. The Hall–Kier alpha value is -1.03. The normalized spacial score (nSPS) is 12.7. The Balaban J connectivity index is 2.40. The van der Waals surface area contributed by atoms with Crippen molar-refractivity contribution in [3.8, 4) is 5.75 Å². The van der Waals surface area contributed by atoms with Gasteiger partial charge in [0.2, 0.25) is 0 Å². The molecule has 0 fully saturated rings. The van der Waals surface area contributed by atoms with Crippen LogP contribution in [0.1, 0.15) is 57.2 Å². The van der Waals surface area contributed by atoms with Gasteiger partial charge in [0.15, 0.2) is 5.75 Å². The molecule has 1 aromatic heterocycles. The molecule has 17 heavy (non-hydrogen) atoms. The van der Waals surface area contributed by atoms with Gasteiger partial charge in [-0.05, 0) is 6.42 Å². The van der Waals surface area contributed by atoms with E-state index in [-0.39, 0.29) is 6.04 Å². The minimum absolute atomic E-state index is 0.0269. The largest absolute Gasteiger partial charge is 0.493 e. The highest BCUT2D eigenvalue weighted by Crippen LogP contribution is 2.26. The van der Waals surface area contributed by atoms with E-state index in [0.29, 0.717) is 0 Å². The average molecular weight is 239 g/mol. The minimum Gasteiger partial charge on any atom is -0.493 e. The molecule has 2 N–H and O–H groups in total. The fourth-order valence-corrected chi connectivity index (χ4v) is 2.11. The molecule has 98 valence electrons. The molecule has 1 unspecified atom stereocenters. The molecule has 0 aliphatic carbocycles. The second-order valence-electron chi connectivity index (χ2n) is 4.53. The monoisotopic (exact) mass is 239 g/mol. The maximum atomic E-state index is 6.19. The minimum atomic E-state index is 0.0269.